The Labute approximate surface area is 181 Å². The van der Waals surface area contributed by atoms with E-state index in [9.17, 15) is 4.79 Å². The summed E-state index contributed by atoms with van der Waals surface area (Å²) in [6.07, 6.45) is 0. The Morgan fingerprint density at radius 1 is 0.839 bits per heavy atom. The van der Waals surface area contributed by atoms with E-state index in [-0.39, 0.29) is 12.5 Å². The Hall–Kier alpha value is -3.81. The monoisotopic (exact) mass is 420 g/mol. The molecule has 4 rings (SSSR count). The number of carbonyl (C=O) groups is 1. The zero-order chi connectivity index (χ0) is 21.5. The summed E-state index contributed by atoms with van der Waals surface area (Å²) < 4.78 is 16.4. The number of aromatic nitrogens is 2. The highest BCUT2D eigenvalue weighted by Crippen LogP contribution is 2.21. The van der Waals surface area contributed by atoms with Crippen LogP contribution in [0.25, 0.3) is 0 Å². The molecule has 2 aromatic carbocycles. The van der Waals surface area contributed by atoms with E-state index >= 15 is 0 Å². The number of piperazine rings is 1. The van der Waals surface area contributed by atoms with E-state index in [1.165, 1.54) is 0 Å². The Morgan fingerprint density at radius 3 is 2.19 bits per heavy atom. The maximum absolute atomic E-state index is 12.5. The van der Waals surface area contributed by atoms with E-state index in [0.717, 1.165) is 11.6 Å². The van der Waals surface area contributed by atoms with Gasteiger partial charge in [-0.2, -0.15) is 0 Å². The lowest BCUT2D eigenvalue weighted by Gasteiger charge is -2.35. The lowest BCUT2D eigenvalue weighted by molar-refractivity contribution is -0.133. The molecule has 1 aliphatic rings. The maximum atomic E-state index is 12.5. The molecule has 8 heteroatoms. The lowest BCUT2D eigenvalue weighted by atomic mass is 10.3. The maximum Gasteiger partial charge on any atom is 0.260 e. The first kappa shape index (κ1) is 20.5. The van der Waals surface area contributed by atoms with Crippen LogP contribution in [-0.2, 0) is 4.79 Å². The molecule has 8 nitrogen and oxygen atoms in total. The summed E-state index contributed by atoms with van der Waals surface area (Å²) in [5, 5.41) is 8.43. The van der Waals surface area contributed by atoms with E-state index in [1.807, 2.05) is 36.4 Å². The molecule has 0 bridgehead atoms. The van der Waals surface area contributed by atoms with E-state index < -0.39 is 0 Å². The highest BCUT2D eigenvalue weighted by molar-refractivity contribution is 5.78. The Balaban J connectivity index is 1.24. The minimum absolute atomic E-state index is 0.0116. The van der Waals surface area contributed by atoms with E-state index in [1.54, 1.807) is 42.3 Å². The number of methoxy groups -OCH3 is 1. The molecule has 0 radical (unpaired) electrons. The Morgan fingerprint density at radius 2 is 1.55 bits per heavy atom. The standard InChI is InChI=1S/C23H24N4O4/c1-29-18-7-9-19(10-8-18)30-17-23(28)27-15-13-26(14-16-27)21-11-12-22(25-24-21)31-20-5-3-2-4-6-20/h2-12H,13-17H2,1H3. The van der Waals surface area contributed by atoms with Crippen LogP contribution in [-0.4, -0.2) is 60.9 Å². The predicted molar refractivity (Wildman–Crippen MR) is 116 cm³/mol. The third-order valence-corrected chi connectivity index (χ3v) is 4.97. The second-order valence-electron chi connectivity index (χ2n) is 6.98. The van der Waals surface area contributed by atoms with Gasteiger partial charge in [0.25, 0.3) is 5.91 Å². The summed E-state index contributed by atoms with van der Waals surface area (Å²) in [5.41, 5.74) is 0. The zero-order valence-electron chi connectivity index (χ0n) is 17.3. The molecule has 0 unspecified atom stereocenters. The van der Waals surface area contributed by atoms with Crippen LogP contribution in [0.4, 0.5) is 5.82 Å². The average Bonchev–Trinajstić information content (AvgIpc) is 2.84. The fourth-order valence-electron chi connectivity index (χ4n) is 3.24. The van der Waals surface area contributed by atoms with Gasteiger partial charge in [-0.25, -0.2) is 0 Å². The first-order valence-corrected chi connectivity index (χ1v) is 10.1. The van der Waals surface area contributed by atoms with Gasteiger partial charge in [-0.05, 0) is 42.5 Å². The number of benzene rings is 2. The largest absolute Gasteiger partial charge is 0.497 e. The number of carbonyl (C=O) groups excluding carboxylic acids is 1. The second-order valence-corrected chi connectivity index (χ2v) is 6.98. The van der Waals surface area contributed by atoms with Crippen molar-refractivity contribution in [2.75, 3.05) is 44.8 Å². The molecule has 31 heavy (non-hydrogen) atoms. The van der Waals surface area contributed by atoms with Crippen LogP contribution in [0.15, 0.2) is 66.7 Å². The molecule has 1 saturated heterocycles. The van der Waals surface area contributed by atoms with E-state index in [0.29, 0.717) is 43.6 Å². The lowest BCUT2D eigenvalue weighted by Crippen LogP contribution is -2.50. The summed E-state index contributed by atoms with van der Waals surface area (Å²) in [6.45, 7) is 2.59. The van der Waals surface area contributed by atoms with Gasteiger partial charge in [-0.3, -0.25) is 4.79 Å². The summed E-state index contributed by atoms with van der Waals surface area (Å²) in [5.74, 6) is 3.28. The number of rotatable bonds is 7. The van der Waals surface area contributed by atoms with Gasteiger partial charge < -0.3 is 24.0 Å². The van der Waals surface area contributed by atoms with Crippen molar-refractivity contribution in [2.24, 2.45) is 0 Å². The van der Waals surface area contributed by atoms with Gasteiger partial charge in [0.05, 0.1) is 7.11 Å². The van der Waals surface area contributed by atoms with Crippen molar-refractivity contribution >= 4 is 11.7 Å². The number of ether oxygens (including phenoxy) is 3. The fraction of sp³-hybridized carbons (Fsp3) is 0.261. The highest BCUT2D eigenvalue weighted by atomic mass is 16.5. The predicted octanol–water partition coefficient (Wildman–Crippen LogP) is 3.01. The van der Waals surface area contributed by atoms with Crippen molar-refractivity contribution in [1.29, 1.82) is 0 Å². The van der Waals surface area contributed by atoms with Crippen LogP contribution >= 0.6 is 0 Å². The van der Waals surface area contributed by atoms with Crippen LogP contribution in [0.1, 0.15) is 0 Å². The van der Waals surface area contributed by atoms with Gasteiger partial charge in [0.2, 0.25) is 5.88 Å². The SMILES string of the molecule is COc1ccc(OCC(=O)N2CCN(c3ccc(Oc4ccccc4)nn3)CC2)cc1. The van der Waals surface area contributed by atoms with Crippen LogP contribution in [0.2, 0.25) is 0 Å². The highest BCUT2D eigenvalue weighted by Gasteiger charge is 2.22. The van der Waals surface area contributed by atoms with E-state index in [4.69, 9.17) is 14.2 Å². The molecule has 0 atom stereocenters. The second kappa shape index (κ2) is 9.80. The smallest absolute Gasteiger partial charge is 0.260 e. The van der Waals surface area contributed by atoms with Gasteiger partial charge in [-0.1, -0.05) is 18.2 Å². The molecule has 3 aromatic rings. The third kappa shape index (κ3) is 5.42. The molecular weight excluding hydrogens is 396 g/mol. The quantitative estimate of drug-likeness (QED) is 0.581. The number of para-hydroxylation sites is 1. The van der Waals surface area contributed by atoms with Crippen molar-refractivity contribution < 1.29 is 19.0 Å². The van der Waals surface area contributed by atoms with Crippen molar-refractivity contribution in [2.45, 2.75) is 0 Å². The molecule has 0 spiro atoms. The first-order valence-electron chi connectivity index (χ1n) is 10.1. The van der Waals surface area contributed by atoms with Crippen molar-refractivity contribution in [3.8, 4) is 23.1 Å². The molecule has 1 aromatic heterocycles. The number of amides is 1. The normalized spacial score (nSPS) is 13.6. The van der Waals surface area contributed by atoms with Crippen molar-refractivity contribution in [3.63, 3.8) is 0 Å². The van der Waals surface area contributed by atoms with Gasteiger partial charge >= 0.3 is 0 Å². The molecule has 0 saturated carbocycles. The van der Waals surface area contributed by atoms with Gasteiger partial charge in [0, 0.05) is 32.2 Å². The Bertz CT molecular complexity index is 973. The van der Waals surface area contributed by atoms with E-state index in [2.05, 4.69) is 15.1 Å². The number of hydrogen-bond acceptors (Lipinski definition) is 7. The minimum Gasteiger partial charge on any atom is -0.497 e. The summed E-state index contributed by atoms with van der Waals surface area (Å²) in [6, 6.07) is 20.3. The van der Waals surface area contributed by atoms with Crippen LogP contribution < -0.4 is 19.1 Å². The van der Waals surface area contributed by atoms with Gasteiger partial charge in [-0.15, -0.1) is 10.2 Å². The minimum atomic E-state index is -0.0341. The van der Waals surface area contributed by atoms with Crippen LogP contribution in [0.5, 0.6) is 23.1 Å². The first-order chi connectivity index (χ1) is 15.2. The molecule has 1 aliphatic heterocycles. The topological polar surface area (TPSA) is 77.0 Å². The average molecular weight is 420 g/mol. The molecule has 0 N–H and O–H groups in total. The summed E-state index contributed by atoms with van der Waals surface area (Å²) in [7, 11) is 1.61. The molecule has 0 aliphatic carbocycles. The van der Waals surface area contributed by atoms with Gasteiger partial charge in [0.1, 0.15) is 17.2 Å². The third-order valence-electron chi connectivity index (χ3n) is 4.97. The van der Waals surface area contributed by atoms with Gasteiger partial charge in [0.15, 0.2) is 12.4 Å². The van der Waals surface area contributed by atoms with Crippen molar-refractivity contribution in [3.05, 3.63) is 66.7 Å². The number of nitrogens with zero attached hydrogens (tertiary/aromatic N) is 4. The fourth-order valence-corrected chi connectivity index (χ4v) is 3.24. The molecule has 1 fully saturated rings. The summed E-state index contributed by atoms with van der Waals surface area (Å²) >= 11 is 0. The van der Waals surface area contributed by atoms with Crippen LogP contribution in [0.3, 0.4) is 0 Å². The number of hydrogen-bond donors (Lipinski definition) is 0. The molecular formula is C23H24N4O4. The van der Waals surface area contributed by atoms with Crippen LogP contribution in [0, 0.1) is 0 Å². The number of anilines is 1. The molecule has 1 amide bonds. The molecule has 160 valence electrons. The van der Waals surface area contributed by atoms with Crippen molar-refractivity contribution in [1.82, 2.24) is 15.1 Å². The zero-order valence-corrected chi connectivity index (χ0v) is 17.3. The Kier molecular flexibility index (Phi) is 6.47. The summed E-state index contributed by atoms with van der Waals surface area (Å²) in [4.78, 5) is 16.4. The molecule has 2 heterocycles.